The molecule has 4 heteroatoms. The van der Waals surface area contributed by atoms with Crippen LogP contribution in [-0.4, -0.2) is 23.0 Å². The van der Waals surface area contributed by atoms with Crippen LogP contribution < -0.4 is 0 Å². The third-order valence-electron chi connectivity index (χ3n) is 3.68. The highest BCUT2D eigenvalue weighted by molar-refractivity contribution is 6.20. The molecule has 1 aromatic heterocycles. The lowest BCUT2D eigenvalue weighted by Crippen LogP contribution is -2.23. The van der Waals surface area contributed by atoms with E-state index in [0.717, 1.165) is 44.6 Å². The van der Waals surface area contributed by atoms with Crippen LogP contribution in [0, 0.1) is 0 Å². The van der Waals surface area contributed by atoms with Crippen LogP contribution in [0.1, 0.15) is 62.0 Å². The molecule has 1 saturated heterocycles. The van der Waals surface area contributed by atoms with Crippen LogP contribution in [0.15, 0.2) is 0 Å². The molecule has 0 N–H and O–H groups in total. The minimum atomic E-state index is 0.0353. The third kappa shape index (κ3) is 2.57. The molecular formula is C14H23ClN2O. The van der Waals surface area contributed by atoms with Gasteiger partial charge in [0.15, 0.2) is 0 Å². The Kier molecular flexibility index (Phi) is 4.68. The van der Waals surface area contributed by atoms with Gasteiger partial charge in [0.05, 0.1) is 23.7 Å². The summed E-state index contributed by atoms with van der Waals surface area (Å²) in [7, 11) is 0. The predicted octanol–water partition coefficient (Wildman–Crippen LogP) is 3.66. The van der Waals surface area contributed by atoms with Gasteiger partial charge in [-0.2, -0.15) is 5.10 Å². The lowest BCUT2D eigenvalue weighted by molar-refractivity contribution is 0.0538. The fraction of sp³-hybridized carbons (Fsp3) is 0.786. The number of hydrogen-bond acceptors (Lipinski definition) is 2. The first-order valence-electron chi connectivity index (χ1n) is 7.00. The van der Waals surface area contributed by atoms with Gasteiger partial charge in [-0.25, -0.2) is 0 Å². The van der Waals surface area contributed by atoms with Crippen molar-refractivity contribution in [3.8, 4) is 0 Å². The number of aryl methyl sites for hydroxylation is 1. The Labute approximate surface area is 114 Å². The van der Waals surface area contributed by atoms with Crippen LogP contribution in [-0.2, 0) is 17.6 Å². The van der Waals surface area contributed by atoms with Crippen LogP contribution in [0.25, 0.3) is 0 Å². The van der Waals surface area contributed by atoms with Crippen LogP contribution in [0.5, 0.6) is 0 Å². The number of nitrogens with zero attached hydrogens (tertiary/aromatic N) is 2. The van der Waals surface area contributed by atoms with Gasteiger partial charge in [0.1, 0.15) is 0 Å². The molecule has 0 radical (unpaired) electrons. The highest BCUT2D eigenvalue weighted by Crippen LogP contribution is 2.31. The van der Waals surface area contributed by atoms with E-state index < -0.39 is 0 Å². The Balaban J connectivity index is 2.39. The monoisotopic (exact) mass is 270 g/mol. The second-order valence-corrected chi connectivity index (χ2v) is 5.60. The SMILES string of the molecule is CCc1nn(C2CCCOC2)c(CC)c1C(C)Cl. The van der Waals surface area contributed by atoms with E-state index >= 15 is 0 Å². The largest absolute Gasteiger partial charge is 0.379 e. The topological polar surface area (TPSA) is 27.1 Å². The Morgan fingerprint density at radius 2 is 2.22 bits per heavy atom. The van der Waals surface area contributed by atoms with E-state index in [0.29, 0.717) is 6.04 Å². The maximum Gasteiger partial charge on any atom is 0.0756 e. The molecule has 2 atom stereocenters. The Morgan fingerprint density at radius 3 is 2.72 bits per heavy atom. The van der Waals surface area contributed by atoms with Crippen molar-refractivity contribution in [2.24, 2.45) is 0 Å². The highest BCUT2D eigenvalue weighted by atomic mass is 35.5. The van der Waals surface area contributed by atoms with Gasteiger partial charge in [-0.1, -0.05) is 13.8 Å². The molecule has 102 valence electrons. The van der Waals surface area contributed by atoms with Gasteiger partial charge in [-0.3, -0.25) is 4.68 Å². The van der Waals surface area contributed by atoms with Crippen LogP contribution in [0.4, 0.5) is 0 Å². The molecule has 18 heavy (non-hydrogen) atoms. The van der Waals surface area contributed by atoms with Gasteiger partial charge in [0.2, 0.25) is 0 Å². The zero-order valence-electron chi connectivity index (χ0n) is 11.6. The predicted molar refractivity (Wildman–Crippen MR) is 74.3 cm³/mol. The summed E-state index contributed by atoms with van der Waals surface area (Å²) in [5.41, 5.74) is 3.69. The van der Waals surface area contributed by atoms with E-state index in [2.05, 4.69) is 18.5 Å². The van der Waals surface area contributed by atoms with E-state index in [1.807, 2.05) is 6.92 Å². The molecule has 2 rings (SSSR count). The van der Waals surface area contributed by atoms with Crippen LogP contribution in [0.3, 0.4) is 0 Å². The van der Waals surface area contributed by atoms with Gasteiger partial charge in [-0.15, -0.1) is 11.6 Å². The average Bonchev–Trinajstić information content (AvgIpc) is 2.78. The van der Waals surface area contributed by atoms with Crippen molar-refractivity contribution in [3.63, 3.8) is 0 Å². The smallest absolute Gasteiger partial charge is 0.0756 e. The Bertz CT molecular complexity index is 395. The van der Waals surface area contributed by atoms with Crippen molar-refractivity contribution < 1.29 is 4.74 Å². The molecule has 1 aliphatic heterocycles. The first-order chi connectivity index (χ1) is 8.69. The van der Waals surface area contributed by atoms with E-state index in [1.165, 1.54) is 11.3 Å². The summed E-state index contributed by atoms with van der Waals surface area (Å²) in [6, 6.07) is 0.392. The Morgan fingerprint density at radius 1 is 1.44 bits per heavy atom. The van der Waals surface area contributed by atoms with Crippen molar-refractivity contribution in [1.29, 1.82) is 0 Å². The van der Waals surface area contributed by atoms with Crippen LogP contribution in [0.2, 0.25) is 0 Å². The maximum absolute atomic E-state index is 6.34. The molecule has 1 aromatic rings. The summed E-state index contributed by atoms with van der Waals surface area (Å²) in [5, 5.41) is 4.83. The van der Waals surface area contributed by atoms with Crippen molar-refractivity contribution in [1.82, 2.24) is 9.78 Å². The number of rotatable bonds is 4. The fourth-order valence-electron chi connectivity index (χ4n) is 2.83. The number of hydrogen-bond donors (Lipinski definition) is 0. The molecule has 0 amide bonds. The van der Waals surface area contributed by atoms with Gasteiger partial charge < -0.3 is 4.74 Å². The van der Waals surface area contributed by atoms with Gasteiger partial charge in [-0.05, 0) is 32.6 Å². The van der Waals surface area contributed by atoms with Crippen molar-refractivity contribution in [2.75, 3.05) is 13.2 Å². The molecule has 1 fully saturated rings. The highest BCUT2D eigenvalue weighted by Gasteiger charge is 2.25. The first-order valence-corrected chi connectivity index (χ1v) is 7.44. The molecule has 0 spiro atoms. The average molecular weight is 271 g/mol. The number of halogens is 1. The molecule has 2 heterocycles. The minimum absolute atomic E-state index is 0.0353. The van der Waals surface area contributed by atoms with E-state index in [1.54, 1.807) is 0 Å². The lowest BCUT2D eigenvalue weighted by Gasteiger charge is -2.24. The summed E-state index contributed by atoms with van der Waals surface area (Å²) in [5.74, 6) is 0. The summed E-state index contributed by atoms with van der Waals surface area (Å²) >= 11 is 6.34. The van der Waals surface area contributed by atoms with Crippen molar-refractivity contribution >= 4 is 11.6 Å². The standard InChI is InChI=1S/C14H23ClN2O/c1-4-12-14(10(3)15)13(5-2)17(16-12)11-7-6-8-18-9-11/h10-11H,4-9H2,1-3H3. The van der Waals surface area contributed by atoms with E-state index in [9.17, 15) is 0 Å². The first kappa shape index (κ1) is 13.9. The maximum atomic E-state index is 6.34. The van der Waals surface area contributed by atoms with Gasteiger partial charge in [0, 0.05) is 17.9 Å². The quantitative estimate of drug-likeness (QED) is 0.781. The second kappa shape index (κ2) is 6.07. The van der Waals surface area contributed by atoms with Crippen LogP contribution >= 0.6 is 11.6 Å². The molecule has 0 aromatic carbocycles. The molecular weight excluding hydrogens is 248 g/mol. The van der Waals surface area contributed by atoms with Crippen molar-refractivity contribution in [3.05, 3.63) is 17.0 Å². The molecule has 0 saturated carbocycles. The number of ether oxygens (including phenoxy) is 1. The van der Waals surface area contributed by atoms with Gasteiger partial charge in [0.25, 0.3) is 0 Å². The second-order valence-electron chi connectivity index (χ2n) is 4.95. The Hall–Kier alpha value is -0.540. The molecule has 1 aliphatic rings. The summed E-state index contributed by atoms with van der Waals surface area (Å²) < 4.78 is 7.77. The lowest BCUT2D eigenvalue weighted by atomic mass is 10.1. The number of aromatic nitrogens is 2. The normalized spacial score (nSPS) is 22.1. The molecule has 0 aliphatic carbocycles. The van der Waals surface area contributed by atoms with Gasteiger partial charge >= 0.3 is 0 Å². The zero-order chi connectivity index (χ0) is 13.1. The molecule has 3 nitrogen and oxygen atoms in total. The van der Waals surface area contributed by atoms with E-state index in [-0.39, 0.29) is 5.38 Å². The van der Waals surface area contributed by atoms with Crippen molar-refractivity contribution in [2.45, 2.75) is 57.9 Å². The number of alkyl halides is 1. The molecule has 2 unspecified atom stereocenters. The molecule has 0 bridgehead atoms. The summed E-state index contributed by atoms with van der Waals surface area (Å²) in [6.07, 6.45) is 4.21. The summed E-state index contributed by atoms with van der Waals surface area (Å²) in [6.45, 7) is 8.04. The third-order valence-corrected chi connectivity index (χ3v) is 3.89. The van der Waals surface area contributed by atoms with E-state index in [4.69, 9.17) is 21.4 Å². The minimum Gasteiger partial charge on any atom is -0.379 e. The fourth-order valence-corrected chi connectivity index (χ4v) is 3.08. The summed E-state index contributed by atoms with van der Waals surface area (Å²) in [4.78, 5) is 0. The zero-order valence-corrected chi connectivity index (χ0v) is 12.3.